The third-order valence-corrected chi connectivity index (χ3v) is 3.55. The minimum atomic E-state index is -0.830. The molecule has 19 heavy (non-hydrogen) atoms. The van der Waals surface area contributed by atoms with Gasteiger partial charge in [-0.2, -0.15) is 0 Å². The largest absolute Gasteiger partial charge is 0.449 e. The van der Waals surface area contributed by atoms with E-state index in [9.17, 15) is 9.59 Å². The van der Waals surface area contributed by atoms with Crippen LogP contribution in [0, 0.1) is 0 Å². The number of carbonyl (C=O) groups excluding carboxylic acids is 2. The van der Waals surface area contributed by atoms with E-state index in [1.54, 1.807) is 25.1 Å². The molecule has 1 atom stereocenters. The van der Waals surface area contributed by atoms with Crippen molar-refractivity contribution in [3.8, 4) is 0 Å². The van der Waals surface area contributed by atoms with Gasteiger partial charge in [0, 0.05) is 10.5 Å². The molecule has 1 fully saturated rings. The van der Waals surface area contributed by atoms with Crippen molar-refractivity contribution in [1.82, 2.24) is 5.32 Å². The van der Waals surface area contributed by atoms with Gasteiger partial charge in [-0.25, -0.2) is 4.79 Å². The van der Waals surface area contributed by atoms with Crippen LogP contribution in [0.5, 0.6) is 0 Å². The highest BCUT2D eigenvalue weighted by atomic mass is 79.9. The van der Waals surface area contributed by atoms with Crippen LogP contribution < -0.4 is 5.32 Å². The van der Waals surface area contributed by atoms with Crippen molar-refractivity contribution in [3.63, 3.8) is 0 Å². The van der Waals surface area contributed by atoms with Gasteiger partial charge in [-0.1, -0.05) is 27.5 Å². The molecule has 1 aliphatic carbocycles. The number of carbonyl (C=O) groups is 2. The molecular weight excluding hydrogens is 334 g/mol. The van der Waals surface area contributed by atoms with Crippen LogP contribution in [-0.4, -0.2) is 24.0 Å². The van der Waals surface area contributed by atoms with Crippen LogP contribution in [-0.2, 0) is 9.53 Å². The molecule has 0 saturated heterocycles. The summed E-state index contributed by atoms with van der Waals surface area (Å²) in [6, 6.07) is 5.12. The Bertz CT molecular complexity index is 517. The molecule has 1 aromatic rings. The number of esters is 1. The number of benzene rings is 1. The van der Waals surface area contributed by atoms with Crippen LogP contribution in [0.25, 0.3) is 0 Å². The van der Waals surface area contributed by atoms with Gasteiger partial charge in [-0.15, -0.1) is 0 Å². The predicted molar refractivity (Wildman–Crippen MR) is 75.2 cm³/mol. The molecule has 0 aliphatic heterocycles. The molecule has 1 aliphatic rings. The summed E-state index contributed by atoms with van der Waals surface area (Å²) in [7, 11) is 0. The standard InChI is InChI=1S/C13H13BrClNO3/c1-7(12(17)16-9-3-4-9)19-13(18)10-6-8(14)2-5-11(10)15/h2,5-7,9H,3-4H2,1H3,(H,16,17)/t7-/m0/s1. The van der Waals surface area contributed by atoms with E-state index in [-0.39, 0.29) is 17.5 Å². The first-order chi connectivity index (χ1) is 8.97. The third-order valence-electron chi connectivity index (χ3n) is 2.73. The van der Waals surface area contributed by atoms with Gasteiger partial charge in [0.2, 0.25) is 0 Å². The van der Waals surface area contributed by atoms with Gasteiger partial charge in [-0.05, 0) is 38.0 Å². The summed E-state index contributed by atoms with van der Waals surface area (Å²) in [6.45, 7) is 1.54. The molecule has 2 rings (SSSR count). The lowest BCUT2D eigenvalue weighted by molar-refractivity contribution is -0.129. The highest BCUT2D eigenvalue weighted by Gasteiger charge is 2.27. The lowest BCUT2D eigenvalue weighted by atomic mass is 10.2. The highest BCUT2D eigenvalue weighted by molar-refractivity contribution is 9.10. The van der Waals surface area contributed by atoms with Gasteiger partial charge in [0.1, 0.15) is 0 Å². The Labute approximate surface area is 124 Å². The minimum Gasteiger partial charge on any atom is -0.449 e. The van der Waals surface area contributed by atoms with E-state index in [0.717, 1.165) is 17.3 Å². The number of rotatable bonds is 4. The number of hydrogen-bond donors (Lipinski definition) is 1. The van der Waals surface area contributed by atoms with Crippen molar-refractivity contribution >= 4 is 39.4 Å². The number of halogens is 2. The second kappa shape index (κ2) is 5.92. The highest BCUT2D eigenvalue weighted by Crippen LogP contribution is 2.22. The van der Waals surface area contributed by atoms with Crippen LogP contribution in [0.4, 0.5) is 0 Å². The monoisotopic (exact) mass is 345 g/mol. The summed E-state index contributed by atoms with van der Waals surface area (Å²) in [5.41, 5.74) is 0.238. The molecule has 0 unspecified atom stereocenters. The molecule has 0 radical (unpaired) electrons. The summed E-state index contributed by atoms with van der Waals surface area (Å²) < 4.78 is 5.83. The molecule has 1 aromatic carbocycles. The quantitative estimate of drug-likeness (QED) is 0.853. The summed E-state index contributed by atoms with van der Waals surface area (Å²) >= 11 is 9.18. The average Bonchev–Trinajstić information content (AvgIpc) is 3.15. The van der Waals surface area contributed by atoms with E-state index in [2.05, 4.69) is 21.2 Å². The van der Waals surface area contributed by atoms with Crippen molar-refractivity contribution in [2.75, 3.05) is 0 Å². The second-order valence-electron chi connectivity index (χ2n) is 4.45. The maximum absolute atomic E-state index is 11.9. The Hall–Kier alpha value is -1.07. The van der Waals surface area contributed by atoms with Crippen molar-refractivity contribution < 1.29 is 14.3 Å². The van der Waals surface area contributed by atoms with E-state index in [0.29, 0.717) is 5.02 Å². The summed E-state index contributed by atoms with van der Waals surface area (Å²) in [4.78, 5) is 23.6. The SMILES string of the molecule is C[C@H](OC(=O)c1cc(Br)ccc1Cl)C(=O)NC1CC1. The van der Waals surface area contributed by atoms with Crippen molar-refractivity contribution in [2.24, 2.45) is 0 Å². The van der Waals surface area contributed by atoms with Crippen molar-refractivity contribution in [3.05, 3.63) is 33.3 Å². The van der Waals surface area contributed by atoms with E-state index in [1.807, 2.05) is 0 Å². The Balaban J connectivity index is 1.99. The van der Waals surface area contributed by atoms with Crippen LogP contribution in [0.3, 0.4) is 0 Å². The van der Waals surface area contributed by atoms with Gasteiger partial charge in [0.25, 0.3) is 5.91 Å². The van der Waals surface area contributed by atoms with Gasteiger partial charge >= 0.3 is 5.97 Å². The number of nitrogens with one attached hydrogen (secondary N) is 1. The Morgan fingerprint density at radius 2 is 2.16 bits per heavy atom. The first-order valence-corrected chi connectivity index (χ1v) is 7.11. The molecule has 0 bridgehead atoms. The second-order valence-corrected chi connectivity index (χ2v) is 5.78. The number of hydrogen-bond acceptors (Lipinski definition) is 3. The topological polar surface area (TPSA) is 55.4 Å². The molecule has 102 valence electrons. The van der Waals surface area contributed by atoms with E-state index in [4.69, 9.17) is 16.3 Å². The fourth-order valence-corrected chi connectivity index (χ4v) is 2.03. The van der Waals surface area contributed by atoms with Crippen LogP contribution >= 0.6 is 27.5 Å². The summed E-state index contributed by atoms with van der Waals surface area (Å²) in [6.07, 6.45) is 1.15. The number of ether oxygens (including phenoxy) is 1. The molecule has 0 heterocycles. The third kappa shape index (κ3) is 3.94. The van der Waals surface area contributed by atoms with Gasteiger partial charge < -0.3 is 10.1 Å². The van der Waals surface area contributed by atoms with Crippen LogP contribution in [0.2, 0.25) is 5.02 Å². The maximum Gasteiger partial charge on any atom is 0.340 e. The van der Waals surface area contributed by atoms with E-state index in [1.165, 1.54) is 0 Å². The Kier molecular flexibility index (Phi) is 4.47. The molecule has 0 spiro atoms. The molecular formula is C13H13BrClNO3. The predicted octanol–water partition coefficient (Wildman–Crippen LogP) is 2.93. The Morgan fingerprint density at radius 1 is 1.47 bits per heavy atom. The fraction of sp³-hybridized carbons (Fsp3) is 0.385. The molecule has 0 aromatic heterocycles. The average molecular weight is 347 g/mol. The molecule has 1 N–H and O–H groups in total. The fourth-order valence-electron chi connectivity index (χ4n) is 1.48. The zero-order valence-corrected chi connectivity index (χ0v) is 12.6. The zero-order chi connectivity index (χ0) is 14.0. The van der Waals surface area contributed by atoms with E-state index >= 15 is 0 Å². The van der Waals surface area contributed by atoms with Crippen LogP contribution in [0.1, 0.15) is 30.1 Å². The summed E-state index contributed by atoms with van der Waals surface area (Å²) in [5, 5.41) is 3.07. The first kappa shape index (κ1) is 14.3. The minimum absolute atomic E-state index is 0.238. The van der Waals surface area contributed by atoms with Crippen molar-refractivity contribution in [1.29, 1.82) is 0 Å². The van der Waals surface area contributed by atoms with Gasteiger partial charge in [0.15, 0.2) is 6.10 Å². The molecule has 1 saturated carbocycles. The molecule has 6 heteroatoms. The van der Waals surface area contributed by atoms with Crippen molar-refractivity contribution in [2.45, 2.75) is 31.9 Å². The van der Waals surface area contributed by atoms with E-state index < -0.39 is 12.1 Å². The Morgan fingerprint density at radius 3 is 2.79 bits per heavy atom. The lowest BCUT2D eigenvalue weighted by Crippen LogP contribution is -2.37. The smallest absolute Gasteiger partial charge is 0.340 e. The summed E-state index contributed by atoms with van der Waals surface area (Å²) in [5.74, 6) is -0.883. The van der Waals surface area contributed by atoms with Gasteiger partial charge in [0.05, 0.1) is 10.6 Å². The number of amides is 1. The normalized spacial score (nSPS) is 15.7. The first-order valence-electron chi connectivity index (χ1n) is 5.94. The van der Waals surface area contributed by atoms with Gasteiger partial charge in [-0.3, -0.25) is 4.79 Å². The molecule has 1 amide bonds. The zero-order valence-electron chi connectivity index (χ0n) is 10.3. The lowest BCUT2D eigenvalue weighted by Gasteiger charge is -2.13. The molecule has 4 nitrogen and oxygen atoms in total. The van der Waals surface area contributed by atoms with Crippen LogP contribution in [0.15, 0.2) is 22.7 Å². The maximum atomic E-state index is 11.9.